The van der Waals surface area contributed by atoms with Gasteiger partial charge >= 0.3 is 0 Å². The summed E-state index contributed by atoms with van der Waals surface area (Å²) in [7, 11) is 0. The molecular weight excluding hydrogens is 384 g/mol. The maximum absolute atomic E-state index is 12.7. The summed E-state index contributed by atoms with van der Waals surface area (Å²) in [5, 5.41) is 3.67. The lowest BCUT2D eigenvalue weighted by molar-refractivity contribution is -0.128. The maximum atomic E-state index is 12.7. The standard InChI is InChI=1S/C24H31ClN2O2/c1-4-23(29-22-7-5-6-20(25)16-22)24(28)26-18(3)19-8-10-21(11-9-19)27-14-12-17(2)13-15-27/h5-11,16-18,23H,4,12-15H2,1-3H3,(H,26,28)/t18-,23-/m0/s1. The molecule has 1 heterocycles. The smallest absolute Gasteiger partial charge is 0.261 e. The summed E-state index contributed by atoms with van der Waals surface area (Å²) in [6, 6.07) is 15.6. The minimum Gasteiger partial charge on any atom is -0.481 e. The lowest BCUT2D eigenvalue weighted by Crippen LogP contribution is -2.39. The average Bonchev–Trinajstić information content (AvgIpc) is 2.72. The molecule has 156 valence electrons. The molecular formula is C24H31ClN2O2. The number of amides is 1. The number of piperidine rings is 1. The maximum Gasteiger partial charge on any atom is 0.261 e. The van der Waals surface area contributed by atoms with Gasteiger partial charge in [0, 0.05) is 23.8 Å². The number of carbonyl (C=O) groups excluding carboxylic acids is 1. The van der Waals surface area contributed by atoms with Crippen LogP contribution < -0.4 is 15.0 Å². The fourth-order valence-electron chi connectivity index (χ4n) is 3.66. The van der Waals surface area contributed by atoms with Crippen LogP contribution in [0.5, 0.6) is 5.75 Å². The number of halogens is 1. The van der Waals surface area contributed by atoms with Crippen molar-refractivity contribution in [2.45, 2.75) is 52.2 Å². The SMILES string of the molecule is CC[C@H](Oc1cccc(Cl)c1)C(=O)N[C@@H](C)c1ccc(N2CCC(C)CC2)cc1. The van der Waals surface area contributed by atoms with Crippen LogP contribution in [0.15, 0.2) is 48.5 Å². The molecule has 2 atom stereocenters. The molecule has 2 aromatic rings. The van der Waals surface area contributed by atoms with Crippen LogP contribution in [0.1, 0.15) is 51.6 Å². The van der Waals surface area contributed by atoms with E-state index in [9.17, 15) is 4.79 Å². The minimum atomic E-state index is -0.550. The van der Waals surface area contributed by atoms with Gasteiger partial charge in [-0.2, -0.15) is 0 Å². The topological polar surface area (TPSA) is 41.6 Å². The molecule has 29 heavy (non-hydrogen) atoms. The molecule has 1 amide bonds. The molecule has 1 aliphatic rings. The Morgan fingerprint density at radius 2 is 1.90 bits per heavy atom. The van der Waals surface area contributed by atoms with E-state index in [1.807, 2.05) is 26.0 Å². The quantitative estimate of drug-likeness (QED) is 0.640. The second kappa shape index (κ2) is 10.0. The first-order chi connectivity index (χ1) is 14.0. The van der Waals surface area contributed by atoms with Gasteiger partial charge in [-0.05, 0) is 68.0 Å². The van der Waals surface area contributed by atoms with Gasteiger partial charge in [0.05, 0.1) is 6.04 Å². The molecule has 4 nitrogen and oxygen atoms in total. The van der Waals surface area contributed by atoms with Crippen molar-refractivity contribution in [1.82, 2.24) is 5.32 Å². The molecule has 3 rings (SSSR count). The molecule has 1 fully saturated rings. The average molecular weight is 415 g/mol. The molecule has 1 N–H and O–H groups in total. The molecule has 0 aliphatic carbocycles. The lowest BCUT2D eigenvalue weighted by atomic mass is 9.98. The summed E-state index contributed by atoms with van der Waals surface area (Å²) in [5.41, 5.74) is 2.35. The Kier molecular flexibility index (Phi) is 7.43. The number of anilines is 1. The summed E-state index contributed by atoms with van der Waals surface area (Å²) in [6.07, 6.45) is 2.53. The first kappa shape index (κ1) is 21.5. The molecule has 0 saturated carbocycles. The highest BCUT2D eigenvalue weighted by Crippen LogP contribution is 2.25. The Bertz CT molecular complexity index is 801. The largest absolute Gasteiger partial charge is 0.481 e. The number of hydrogen-bond donors (Lipinski definition) is 1. The van der Waals surface area contributed by atoms with Crippen molar-refractivity contribution in [3.05, 3.63) is 59.1 Å². The minimum absolute atomic E-state index is 0.0880. The molecule has 1 saturated heterocycles. The van der Waals surface area contributed by atoms with Crippen molar-refractivity contribution in [3.8, 4) is 5.75 Å². The van der Waals surface area contributed by atoms with Crippen LogP contribution in [0.2, 0.25) is 5.02 Å². The monoisotopic (exact) mass is 414 g/mol. The predicted octanol–water partition coefficient (Wildman–Crippen LogP) is 5.61. The fourth-order valence-corrected chi connectivity index (χ4v) is 3.84. The lowest BCUT2D eigenvalue weighted by Gasteiger charge is -2.32. The molecule has 0 bridgehead atoms. The third-order valence-electron chi connectivity index (χ3n) is 5.64. The van der Waals surface area contributed by atoms with E-state index >= 15 is 0 Å². The van der Waals surface area contributed by atoms with Gasteiger partial charge in [-0.25, -0.2) is 0 Å². The number of carbonyl (C=O) groups is 1. The normalized spacial score (nSPS) is 16.9. The zero-order chi connectivity index (χ0) is 20.8. The van der Waals surface area contributed by atoms with Crippen molar-refractivity contribution < 1.29 is 9.53 Å². The van der Waals surface area contributed by atoms with E-state index in [1.165, 1.54) is 18.5 Å². The van der Waals surface area contributed by atoms with Crippen LogP contribution in [0.4, 0.5) is 5.69 Å². The zero-order valence-electron chi connectivity index (χ0n) is 17.5. The summed E-state index contributed by atoms with van der Waals surface area (Å²) >= 11 is 6.01. The van der Waals surface area contributed by atoms with E-state index in [2.05, 4.69) is 41.4 Å². The molecule has 0 aromatic heterocycles. The van der Waals surface area contributed by atoms with Gasteiger partial charge in [0.1, 0.15) is 5.75 Å². The van der Waals surface area contributed by atoms with Crippen LogP contribution in [-0.4, -0.2) is 25.1 Å². The highest BCUT2D eigenvalue weighted by molar-refractivity contribution is 6.30. The number of nitrogens with zero attached hydrogens (tertiary/aromatic N) is 1. The van der Waals surface area contributed by atoms with Gasteiger partial charge in [-0.15, -0.1) is 0 Å². The van der Waals surface area contributed by atoms with Crippen LogP contribution in [0.25, 0.3) is 0 Å². The second-order valence-corrected chi connectivity index (χ2v) is 8.40. The van der Waals surface area contributed by atoms with E-state index in [-0.39, 0.29) is 11.9 Å². The summed E-state index contributed by atoms with van der Waals surface area (Å²) in [5.74, 6) is 1.31. The van der Waals surface area contributed by atoms with E-state index in [4.69, 9.17) is 16.3 Å². The molecule has 2 aromatic carbocycles. The first-order valence-electron chi connectivity index (χ1n) is 10.5. The molecule has 0 radical (unpaired) electrons. The van der Waals surface area contributed by atoms with Gasteiger partial charge in [0.15, 0.2) is 6.10 Å². The van der Waals surface area contributed by atoms with Crippen LogP contribution in [-0.2, 0) is 4.79 Å². The molecule has 5 heteroatoms. The molecule has 1 aliphatic heterocycles. The van der Waals surface area contributed by atoms with Crippen molar-refractivity contribution in [2.75, 3.05) is 18.0 Å². The van der Waals surface area contributed by atoms with E-state index in [0.717, 1.165) is 24.6 Å². The Morgan fingerprint density at radius 1 is 1.21 bits per heavy atom. The number of benzene rings is 2. The molecule has 0 spiro atoms. The van der Waals surface area contributed by atoms with Gasteiger partial charge in [0.2, 0.25) is 0 Å². The van der Waals surface area contributed by atoms with E-state index in [0.29, 0.717) is 17.2 Å². The van der Waals surface area contributed by atoms with Crippen molar-refractivity contribution in [1.29, 1.82) is 0 Å². The van der Waals surface area contributed by atoms with Crippen molar-refractivity contribution in [3.63, 3.8) is 0 Å². The third-order valence-corrected chi connectivity index (χ3v) is 5.87. The van der Waals surface area contributed by atoms with Crippen molar-refractivity contribution in [2.24, 2.45) is 5.92 Å². The number of ether oxygens (including phenoxy) is 1. The summed E-state index contributed by atoms with van der Waals surface area (Å²) in [4.78, 5) is 15.2. The number of hydrogen-bond acceptors (Lipinski definition) is 3. The number of rotatable bonds is 7. The summed E-state index contributed by atoms with van der Waals surface area (Å²) in [6.45, 7) is 8.50. The zero-order valence-corrected chi connectivity index (χ0v) is 18.3. The van der Waals surface area contributed by atoms with Crippen molar-refractivity contribution >= 4 is 23.2 Å². The van der Waals surface area contributed by atoms with E-state index in [1.54, 1.807) is 12.1 Å². The fraction of sp³-hybridized carbons (Fsp3) is 0.458. The van der Waals surface area contributed by atoms with Gasteiger partial charge < -0.3 is 15.0 Å². The number of nitrogens with one attached hydrogen (secondary N) is 1. The highest BCUT2D eigenvalue weighted by atomic mass is 35.5. The van der Waals surface area contributed by atoms with Crippen LogP contribution >= 0.6 is 11.6 Å². The Morgan fingerprint density at radius 3 is 2.52 bits per heavy atom. The van der Waals surface area contributed by atoms with Gasteiger partial charge in [0.25, 0.3) is 5.91 Å². The highest BCUT2D eigenvalue weighted by Gasteiger charge is 2.21. The molecule has 0 unspecified atom stereocenters. The van der Waals surface area contributed by atoms with Crippen LogP contribution in [0.3, 0.4) is 0 Å². The Balaban J connectivity index is 1.58. The Labute approximate surface area is 179 Å². The predicted molar refractivity (Wildman–Crippen MR) is 120 cm³/mol. The second-order valence-electron chi connectivity index (χ2n) is 7.96. The third kappa shape index (κ3) is 5.89. The van der Waals surface area contributed by atoms with Crippen LogP contribution in [0, 0.1) is 5.92 Å². The van der Waals surface area contributed by atoms with Gasteiger partial charge in [-0.3, -0.25) is 4.79 Å². The summed E-state index contributed by atoms with van der Waals surface area (Å²) < 4.78 is 5.85. The Hall–Kier alpha value is -2.20. The van der Waals surface area contributed by atoms with E-state index < -0.39 is 6.10 Å². The first-order valence-corrected chi connectivity index (χ1v) is 10.9. The van der Waals surface area contributed by atoms with Gasteiger partial charge in [-0.1, -0.05) is 43.6 Å².